The molecule has 2 unspecified atom stereocenters. The number of unbranched alkanes of at least 4 members (excludes halogenated alkanes) is 24. The second-order valence-electron chi connectivity index (χ2n) is 15.4. The third-order valence-corrected chi connectivity index (χ3v) is 10.1. The van der Waals surface area contributed by atoms with Crippen LogP contribution in [0.3, 0.4) is 0 Å². The molecule has 0 aliphatic carbocycles. The molecule has 0 aromatic rings. The zero-order chi connectivity index (χ0) is 37.2. The Morgan fingerprint density at radius 3 is 1.28 bits per heavy atom. The van der Waals surface area contributed by atoms with Crippen molar-refractivity contribution in [2.45, 2.75) is 200 Å². The number of nitrogens with zero attached hydrogens (tertiary/aromatic N) is 1. The van der Waals surface area contributed by atoms with E-state index in [2.05, 4.69) is 13.8 Å². The molecular formula is C40H81NO8P+. The fraction of sp³-hybridized carbons (Fsp3) is 0.950. The van der Waals surface area contributed by atoms with Gasteiger partial charge in [-0.3, -0.25) is 18.6 Å². The Bertz CT molecular complexity index is 835. The van der Waals surface area contributed by atoms with E-state index in [-0.39, 0.29) is 25.6 Å². The van der Waals surface area contributed by atoms with Gasteiger partial charge in [0, 0.05) is 12.8 Å². The van der Waals surface area contributed by atoms with E-state index < -0.39 is 26.5 Å². The van der Waals surface area contributed by atoms with Gasteiger partial charge in [-0.2, -0.15) is 0 Å². The van der Waals surface area contributed by atoms with Gasteiger partial charge in [0.25, 0.3) is 0 Å². The van der Waals surface area contributed by atoms with E-state index in [0.29, 0.717) is 17.4 Å². The number of carbonyl (C=O) groups excluding carboxylic acids is 2. The number of hydrogen-bond donors (Lipinski definition) is 1. The summed E-state index contributed by atoms with van der Waals surface area (Å²) < 4.78 is 34.2. The first-order chi connectivity index (χ1) is 24.0. The smallest absolute Gasteiger partial charge is 0.462 e. The molecule has 0 fully saturated rings. The van der Waals surface area contributed by atoms with Crippen LogP contribution in [0.15, 0.2) is 0 Å². The van der Waals surface area contributed by atoms with Gasteiger partial charge in [0.2, 0.25) is 0 Å². The summed E-state index contributed by atoms with van der Waals surface area (Å²) in [6.07, 6.45) is 31.4. The largest absolute Gasteiger partial charge is 0.472 e. The molecule has 50 heavy (non-hydrogen) atoms. The monoisotopic (exact) mass is 735 g/mol. The van der Waals surface area contributed by atoms with Crippen molar-refractivity contribution in [3.8, 4) is 0 Å². The molecule has 0 amide bonds. The summed E-state index contributed by atoms with van der Waals surface area (Å²) in [5.41, 5.74) is 0. The minimum Gasteiger partial charge on any atom is -0.462 e. The maximum Gasteiger partial charge on any atom is 0.472 e. The summed E-state index contributed by atoms with van der Waals surface area (Å²) in [6, 6.07) is 0. The molecule has 0 radical (unpaired) electrons. The van der Waals surface area contributed by atoms with Gasteiger partial charge in [0.1, 0.15) is 19.8 Å². The third-order valence-electron chi connectivity index (χ3n) is 9.14. The SMILES string of the molecule is CCCCCCCCCCCCCCCCC(=O)OC(COC(=O)CCCCCCCCCCCCCC)COP(=O)(O)OCC[N+](C)(C)C. The van der Waals surface area contributed by atoms with Crippen molar-refractivity contribution in [3.63, 3.8) is 0 Å². The lowest BCUT2D eigenvalue weighted by molar-refractivity contribution is -0.870. The van der Waals surface area contributed by atoms with E-state index in [1.165, 1.54) is 128 Å². The maximum atomic E-state index is 12.6. The zero-order valence-corrected chi connectivity index (χ0v) is 34.3. The Kier molecular flexibility index (Phi) is 33.2. The first-order valence-corrected chi connectivity index (χ1v) is 22.3. The molecule has 9 nitrogen and oxygen atoms in total. The molecule has 0 spiro atoms. The van der Waals surface area contributed by atoms with Crippen molar-refractivity contribution in [3.05, 3.63) is 0 Å². The molecule has 0 heterocycles. The second-order valence-corrected chi connectivity index (χ2v) is 16.8. The molecule has 0 saturated heterocycles. The van der Waals surface area contributed by atoms with Crippen LogP contribution in [0.1, 0.15) is 194 Å². The van der Waals surface area contributed by atoms with Gasteiger partial charge < -0.3 is 18.9 Å². The summed E-state index contributed by atoms with van der Waals surface area (Å²) in [6.45, 7) is 4.44. The third kappa shape index (κ3) is 36.8. The average Bonchev–Trinajstić information content (AvgIpc) is 3.06. The average molecular weight is 735 g/mol. The second kappa shape index (κ2) is 33.8. The molecular weight excluding hydrogens is 653 g/mol. The number of ether oxygens (including phenoxy) is 2. The first kappa shape index (κ1) is 49.0. The fourth-order valence-corrected chi connectivity index (χ4v) is 6.58. The topological polar surface area (TPSA) is 108 Å². The Balaban J connectivity index is 4.36. The number of hydrogen-bond acceptors (Lipinski definition) is 7. The summed E-state index contributed by atoms with van der Waals surface area (Å²) in [5, 5.41) is 0. The van der Waals surface area contributed by atoms with Crippen molar-refractivity contribution in [2.75, 3.05) is 47.5 Å². The van der Waals surface area contributed by atoms with Gasteiger partial charge >= 0.3 is 19.8 Å². The predicted octanol–water partition coefficient (Wildman–Crippen LogP) is 11.2. The minimum atomic E-state index is -4.36. The Labute approximate surface area is 308 Å². The number of quaternary nitrogens is 1. The molecule has 0 aromatic carbocycles. The van der Waals surface area contributed by atoms with Gasteiger partial charge in [-0.15, -0.1) is 0 Å². The van der Waals surface area contributed by atoms with E-state index >= 15 is 0 Å². The summed E-state index contributed by atoms with van der Waals surface area (Å²) >= 11 is 0. The van der Waals surface area contributed by atoms with Crippen molar-refractivity contribution < 1.29 is 42.1 Å². The Hall–Kier alpha value is -0.990. The number of rotatable bonds is 38. The lowest BCUT2D eigenvalue weighted by Crippen LogP contribution is -2.37. The lowest BCUT2D eigenvalue weighted by atomic mass is 10.0. The number of esters is 2. The Morgan fingerprint density at radius 2 is 0.900 bits per heavy atom. The summed E-state index contributed by atoms with van der Waals surface area (Å²) in [7, 11) is 1.49. The lowest BCUT2D eigenvalue weighted by Gasteiger charge is -2.24. The molecule has 0 aliphatic rings. The van der Waals surface area contributed by atoms with Gasteiger partial charge in [-0.05, 0) is 12.8 Å². The quantitative estimate of drug-likeness (QED) is 0.0289. The number of carbonyl (C=O) groups is 2. The maximum absolute atomic E-state index is 12.6. The van der Waals surface area contributed by atoms with Gasteiger partial charge in [-0.1, -0.05) is 168 Å². The highest BCUT2D eigenvalue weighted by molar-refractivity contribution is 7.47. The van der Waals surface area contributed by atoms with E-state index in [9.17, 15) is 19.0 Å². The normalized spacial score (nSPS) is 13.6. The van der Waals surface area contributed by atoms with Crippen LogP contribution in [0.4, 0.5) is 0 Å². The van der Waals surface area contributed by atoms with Crippen LogP contribution in [-0.2, 0) is 32.7 Å². The van der Waals surface area contributed by atoms with E-state index in [1.54, 1.807) is 0 Å². The number of likely N-dealkylation sites (N-methyl/N-ethyl adjacent to an activating group) is 1. The molecule has 10 heteroatoms. The molecule has 2 atom stereocenters. The van der Waals surface area contributed by atoms with Crippen LogP contribution in [-0.4, -0.2) is 74.9 Å². The molecule has 298 valence electrons. The predicted molar refractivity (Wildman–Crippen MR) is 206 cm³/mol. The standard InChI is InChI=1S/C40H80NO8P/c1-6-8-10-12-14-16-18-20-21-23-25-27-29-31-33-40(43)49-38(37-48-50(44,45)47-35-34-41(3,4)5)36-46-39(42)32-30-28-26-24-22-19-17-15-13-11-9-7-2/h38H,6-37H2,1-5H3/p+1. The molecule has 0 aliphatic heterocycles. The van der Waals surface area contributed by atoms with E-state index in [4.69, 9.17) is 18.5 Å². The zero-order valence-electron chi connectivity index (χ0n) is 33.4. The van der Waals surface area contributed by atoms with Crippen LogP contribution < -0.4 is 0 Å². The molecule has 0 aromatic heterocycles. The Morgan fingerprint density at radius 1 is 0.540 bits per heavy atom. The van der Waals surface area contributed by atoms with Crippen LogP contribution in [0.5, 0.6) is 0 Å². The molecule has 0 saturated carbocycles. The highest BCUT2D eigenvalue weighted by atomic mass is 31.2. The molecule has 0 rings (SSSR count). The van der Waals surface area contributed by atoms with Crippen molar-refractivity contribution in [1.29, 1.82) is 0 Å². The van der Waals surface area contributed by atoms with Gasteiger partial charge in [-0.25, -0.2) is 4.57 Å². The van der Waals surface area contributed by atoms with E-state index in [0.717, 1.165) is 38.5 Å². The van der Waals surface area contributed by atoms with Crippen LogP contribution in [0.2, 0.25) is 0 Å². The van der Waals surface area contributed by atoms with Crippen LogP contribution in [0.25, 0.3) is 0 Å². The summed E-state index contributed by atoms with van der Waals surface area (Å²) in [4.78, 5) is 35.2. The molecule has 1 N–H and O–H groups in total. The minimum absolute atomic E-state index is 0.0366. The number of phosphoric ester groups is 1. The van der Waals surface area contributed by atoms with Gasteiger partial charge in [0.15, 0.2) is 6.10 Å². The highest BCUT2D eigenvalue weighted by Gasteiger charge is 2.27. The van der Waals surface area contributed by atoms with Crippen molar-refractivity contribution >= 4 is 19.8 Å². The van der Waals surface area contributed by atoms with Crippen molar-refractivity contribution in [2.24, 2.45) is 0 Å². The van der Waals surface area contributed by atoms with Crippen LogP contribution >= 0.6 is 7.82 Å². The number of phosphoric acid groups is 1. The fourth-order valence-electron chi connectivity index (χ4n) is 5.84. The first-order valence-electron chi connectivity index (χ1n) is 20.8. The van der Waals surface area contributed by atoms with E-state index in [1.807, 2.05) is 21.1 Å². The summed E-state index contributed by atoms with van der Waals surface area (Å²) in [5.74, 6) is -0.787. The van der Waals surface area contributed by atoms with Crippen molar-refractivity contribution in [1.82, 2.24) is 0 Å². The highest BCUT2D eigenvalue weighted by Crippen LogP contribution is 2.43. The van der Waals surface area contributed by atoms with Crippen LogP contribution in [0, 0.1) is 0 Å². The van der Waals surface area contributed by atoms with Gasteiger partial charge in [0.05, 0.1) is 27.7 Å². The molecule has 0 bridgehead atoms.